The van der Waals surface area contributed by atoms with Gasteiger partial charge in [-0.15, -0.1) is 0 Å². The number of sulfone groups is 1. The van der Waals surface area contributed by atoms with E-state index in [4.69, 9.17) is 0 Å². The number of amides is 2. The summed E-state index contributed by atoms with van der Waals surface area (Å²) in [5.41, 5.74) is 1.53. The van der Waals surface area contributed by atoms with Crippen LogP contribution in [-0.4, -0.2) is 74.6 Å². The van der Waals surface area contributed by atoms with Gasteiger partial charge in [0.05, 0.1) is 22.1 Å². The molecule has 0 bridgehead atoms. The van der Waals surface area contributed by atoms with E-state index in [2.05, 4.69) is 10.2 Å². The predicted molar refractivity (Wildman–Crippen MR) is 122 cm³/mol. The summed E-state index contributed by atoms with van der Waals surface area (Å²) in [6.07, 6.45) is 0.213. The quantitative estimate of drug-likeness (QED) is 0.648. The summed E-state index contributed by atoms with van der Waals surface area (Å²) in [5.74, 6) is -0.00727. The van der Waals surface area contributed by atoms with Crippen molar-refractivity contribution in [1.82, 2.24) is 15.1 Å². The van der Waals surface area contributed by atoms with Gasteiger partial charge in [-0.3, -0.25) is 14.5 Å². The average molecular weight is 464 g/mol. The van der Waals surface area contributed by atoms with E-state index < -0.39 is 15.1 Å². The fourth-order valence-corrected chi connectivity index (χ4v) is 5.10. The number of piperazine rings is 1. The Morgan fingerprint density at radius 1 is 1.06 bits per heavy atom. The first-order valence-corrected chi connectivity index (χ1v) is 12.9. The molecule has 1 aliphatic rings. The molecule has 31 heavy (non-hydrogen) atoms. The summed E-state index contributed by atoms with van der Waals surface area (Å²) in [7, 11) is -3.30. The maximum atomic E-state index is 12.4. The van der Waals surface area contributed by atoms with Gasteiger partial charge in [0.2, 0.25) is 5.91 Å². The first kappa shape index (κ1) is 23.4. The van der Waals surface area contributed by atoms with E-state index in [9.17, 15) is 18.0 Å². The molecule has 1 fully saturated rings. The zero-order chi connectivity index (χ0) is 22.4. The number of thiophene rings is 1. The Hall–Kier alpha value is -2.23. The number of rotatable bonds is 8. The first-order valence-electron chi connectivity index (χ1n) is 10.4. The summed E-state index contributed by atoms with van der Waals surface area (Å²) >= 11 is 1.52. The van der Waals surface area contributed by atoms with Gasteiger partial charge in [-0.1, -0.05) is 12.1 Å². The number of carbonyl (C=O) groups excluding carboxylic acids is 2. The minimum Gasteiger partial charge on any atom is -0.355 e. The molecule has 1 aliphatic heterocycles. The highest BCUT2D eigenvalue weighted by atomic mass is 32.2. The molecule has 2 heterocycles. The largest absolute Gasteiger partial charge is 0.355 e. The molecule has 9 heteroatoms. The second kappa shape index (κ2) is 10.4. The Balaban J connectivity index is 1.38. The number of carbonyl (C=O) groups is 2. The molecule has 0 radical (unpaired) electrons. The lowest BCUT2D eigenvalue weighted by atomic mass is 10.1. The molecule has 0 saturated carbocycles. The Kier molecular flexibility index (Phi) is 7.85. The standard InChI is InChI=1S/C22H29N3O4S2/c1-17(2)31(28,29)20-5-3-18(4-6-20)15-21(26)23-8-9-24-10-12-25(13-11-24)22(27)19-7-14-30-16-19/h3-7,14,16-17H,8-13,15H2,1-2H3,(H,23,26). The lowest BCUT2D eigenvalue weighted by Crippen LogP contribution is -2.50. The van der Waals surface area contributed by atoms with Gasteiger partial charge in [-0.25, -0.2) is 8.42 Å². The third kappa shape index (κ3) is 6.15. The van der Waals surface area contributed by atoms with Crippen molar-refractivity contribution in [3.05, 3.63) is 52.2 Å². The van der Waals surface area contributed by atoms with Crippen molar-refractivity contribution >= 4 is 33.0 Å². The summed E-state index contributed by atoms with van der Waals surface area (Å²) in [5, 5.41) is 6.23. The lowest BCUT2D eigenvalue weighted by Gasteiger charge is -2.34. The Labute approximate surface area is 188 Å². The molecule has 0 spiro atoms. The van der Waals surface area contributed by atoms with E-state index in [0.29, 0.717) is 19.6 Å². The molecule has 3 rings (SSSR count). The van der Waals surface area contributed by atoms with Crippen molar-refractivity contribution in [2.45, 2.75) is 30.4 Å². The molecule has 0 aliphatic carbocycles. The van der Waals surface area contributed by atoms with Gasteiger partial charge in [0.25, 0.3) is 5.91 Å². The minimum absolute atomic E-state index is 0.0846. The minimum atomic E-state index is -3.30. The van der Waals surface area contributed by atoms with Crippen LogP contribution in [0.15, 0.2) is 46.0 Å². The second-order valence-corrected chi connectivity index (χ2v) is 11.2. The van der Waals surface area contributed by atoms with Crippen LogP contribution < -0.4 is 5.32 Å². The molecule has 1 aromatic heterocycles. The molecular weight excluding hydrogens is 434 g/mol. The van der Waals surface area contributed by atoms with Gasteiger partial charge in [0, 0.05) is 44.6 Å². The molecule has 1 aromatic carbocycles. The topological polar surface area (TPSA) is 86.8 Å². The Bertz CT molecular complexity index is 978. The Morgan fingerprint density at radius 2 is 1.74 bits per heavy atom. The van der Waals surface area contributed by atoms with Crippen LogP contribution in [0, 0.1) is 0 Å². The van der Waals surface area contributed by atoms with Crippen molar-refractivity contribution < 1.29 is 18.0 Å². The summed E-state index contributed by atoms with van der Waals surface area (Å²) < 4.78 is 24.3. The number of benzene rings is 1. The molecule has 168 valence electrons. The number of hydrogen-bond acceptors (Lipinski definition) is 6. The molecule has 0 unspecified atom stereocenters. The maximum absolute atomic E-state index is 12.4. The van der Waals surface area contributed by atoms with Crippen LogP contribution in [0.5, 0.6) is 0 Å². The van der Waals surface area contributed by atoms with E-state index in [1.807, 2.05) is 21.7 Å². The predicted octanol–water partition coefficient (Wildman–Crippen LogP) is 2.05. The summed E-state index contributed by atoms with van der Waals surface area (Å²) in [4.78, 5) is 29.0. The van der Waals surface area contributed by atoms with Crippen molar-refractivity contribution in [2.75, 3.05) is 39.3 Å². The molecule has 2 aromatic rings. The monoisotopic (exact) mass is 463 g/mol. The van der Waals surface area contributed by atoms with Crippen LogP contribution >= 0.6 is 11.3 Å². The Morgan fingerprint density at radius 3 is 2.32 bits per heavy atom. The zero-order valence-corrected chi connectivity index (χ0v) is 19.5. The SMILES string of the molecule is CC(C)S(=O)(=O)c1ccc(CC(=O)NCCN2CCN(C(=O)c3ccsc3)CC2)cc1. The third-order valence-corrected chi connectivity index (χ3v) is 8.27. The molecule has 0 atom stereocenters. The number of nitrogens with one attached hydrogen (secondary N) is 1. The van der Waals surface area contributed by atoms with E-state index in [1.54, 1.807) is 38.1 Å². The number of hydrogen-bond donors (Lipinski definition) is 1. The van der Waals surface area contributed by atoms with Crippen LogP contribution in [0.3, 0.4) is 0 Å². The zero-order valence-electron chi connectivity index (χ0n) is 17.9. The van der Waals surface area contributed by atoms with E-state index in [-0.39, 0.29) is 23.1 Å². The van der Waals surface area contributed by atoms with E-state index in [1.165, 1.54) is 11.3 Å². The smallest absolute Gasteiger partial charge is 0.254 e. The van der Waals surface area contributed by atoms with Crippen molar-refractivity contribution in [1.29, 1.82) is 0 Å². The van der Waals surface area contributed by atoms with Gasteiger partial charge in [-0.2, -0.15) is 11.3 Å². The number of nitrogens with zero attached hydrogens (tertiary/aromatic N) is 2. The highest BCUT2D eigenvalue weighted by Gasteiger charge is 2.22. The van der Waals surface area contributed by atoms with Crippen LogP contribution in [0.4, 0.5) is 0 Å². The van der Waals surface area contributed by atoms with Crippen molar-refractivity contribution in [3.63, 3.8) is 0 Å². The average Bonchev–Trinajstić information content (AvgIpc) is 3.29. The fourth-order valence-electron chi connectivity index (χ4n) is 3.41. The third-order valence-electron chi connectivity index (χ3n) is 5.41. The van der Waals surface area contributed by atoms with Gasteiger partial charge in [0.15, 0.2) is 9.84 Å². The van der Waals surface area contributed by atoms with Crippen molar-refractivity contribution in [3.8, 4) is 0 Å². The lowest BCUT2D eigenvalue weighted by molar-refractivity contribution is -0.120. The summed E-state index contributed by atoms with van der Waals surface area (Å²) in [6, 6.07) is 8.37. The highest BCUT2D eigenvalue weighted by molar-refractivity contribution is 7.92. The normalized spacial score (nSPS) is 15.3. The highest BCUT2D eigenvalue weighted by Crippen LogP contribution is 2.17. The first-order chi connectivity index (χ1) is 14.8. The van der Waals surface area contributed by atoms with Gasteiger partial charge < -0.3 is 10.2 Å². The second-order valence-electron chi connectivity index (χ2n) is 7.91. The van der Waals surface area contributed by atoms with Crippen LogP contribution in [0.25, 0.3) is 0 Å². The van der Waals surface area contributed by atoms with E-state index >= 15 is 0 Å². The molecule has 1 saturated heterocycles. The van der Waals surface area contributed by atoms with Crippen molar-refractivity contribution in [2.24, 2.45) is 0 Å². The summed E-state index contributed by atoms with van der Waals surface area (Å²) in [6.45, 7) is 7.53. The van der Waals surface area contributed by atoms with Crippen LogP contribution in [0.2, 0.25) is 0 Å². The van der Waals surface area contributed by atoms with Crippen LogP contribution in [0.1, 0.15) is 29.8 Å². The van der Waals surface area contributed by atoms with Gasteiger partial charge >= 0.3 is 0 Å². The fraction of sp³-hybridized carbons (Fsp3) is 0.455. The maximum Gasteiger partial charge on any atom is 0.254 e. The van der Waals surface area contributed by atoms with E-state index in [0.717, 1.165) is 30.8 Å². The van der Waals surface area contributed by atoms with Crippen LogP contribution in [-0.2, 0) is 21.1 Å². The van der Waals surface area contributed by atoms with Gasteiger partial charge in [-0.05, 0) is 43.0 Å². The molecular formula is C22H29N3O4S2. The van der Waals surface area contributed by atoms with Gasteiger partial charge in [0.1, 0.15) is 0 Å². The molecule has 1 N–H and O–H groups in total. The molecule has 2 amide bonds. The molecule has 7 nitrogen and oxygen atoms in total.